The van der Waals surface area contributed by atoms with Gasteiger partial charge in [-0.1, -0.05) is 17.7 Å². The summed E-state index contributed by atoms with van der Waals surface area (Å²) in [5.41, 5.74) is 1.22. The van der Waals surface area contributed by atoms with Gasteiger partial charge in [0.15, 0.2) is 0 Å². The standard InChI is InChI=1S/C16H19N3O5S2/c1-11-3-7-15(8-4-11)26(23,24)19-12(2)16(20)18-13-5-9-14(10-6-13)25(17,21)22/h3-10,12,19H,1-2H3,(H,18,20)(H2,17,21,22)/t12-/m1/s1. The number of primary sulfonamides is 1. The lowest BCUT2D eigenvalue weighted by Gasteiger charge is -2.15. The molecule has 1 amide bonds. The van der Waals surface area contributed by atoms with Crippen LogP contribution in [0.2, 0.25) is 0 Å². The van der Waals surface area contributed by atoms with Gasteiger partial charge in [-0.2, -0.15) is 4.72 Å². The Labute approximate surface area is 152 Å². The summed E-state index contributed by atoms with van der Waals surface area (Å²) in [6.07, 6.45) is 0. The van der Waals surface area contributed by atoms with Crippen LogP contribution in [0.5, 0.6) is 0 Å². The van der Waals surface area contributed by atoms with Crippen molar-refractivity contribution in [3.8, 4) is 0 Å². The van der Waals surface area contributed by atoms with E-state index in [2.05, 4.69) is 10.0 Å². The number of hydrogen-bond acceptors (Lipinski definition) is 5. The van der Waals surface area contributed by atoms with E-state index in [0.717, 1.165) is 5.56 Å². The van der Waals surface area contributed by atoms with Gasteiger partial charge < -0.3 is 5.32 Å². The van der Waals surface area contributed by atoms with Crippen molar-refractivity contribution in [2.45, 2.75) is 29.7 Å². The molecule has 0 fully saturated rings. The maximum Gasteiger partial charge on any atom is 0.242 e. The molecule has 0 aromatic heterocycles. The molecular formula is C16H19N3O5S2. The van der Waals surface area contributed by atoms with E-state index in [-0.39, 0.29) is 9.79 Å². The quantitative estimate of drug-likeness (QED) is 0.667. The normalized spacial score (nSPS) is 13.2. The minimum Gasteiger partial charge on any atom is -0.325 e. The summed E-state index contributed by atoms with van der Waals surface area (Å²) in [4.78, 5) is 12.1. The lowest BCUT2D eigenvalue weighted by atomic mass is 10.2. The van der Waals surface area contributed by atoms with Gasteiger partial charge in [0.25, 0.3) is 0 Å². The van der Waals surface area contributed by atoms with Gasteiger partial charge in [-0.05, 0) is 50.2 Å². The van der Waals surface area contributed by atoms with Crippen LogP contribution in [0.3, 0.4) is 0 Å². The molecule has 0 aliphatic carbocycles. The van der Waals surface area contributed by atoms with E-state index in [1.54, 1.807) is 12.1 Å². The zero-order chi connectivity index (χ0) is 19.5. The van der Waals surface area contributed by atoms with Gasteiger partial charge in [-0.15, -0.1) is 0 Å². The Morgan fingerprint density at radius 3 is 1.92 bits per heavy atom. The van der Waals surface area contributed by atoms with E-state index in [9.17, 15) is 21.6 Å². The first-order valence-corrected chi connectivity index (χ1v) is 10.5. The number of anilines is 1. The van der Waals surface area contributed by atoms with Crippen LogP contribution in [0.4, 0.5) is 5.69 Å². The Morgan fingerprint density at radius 1 is 0.923 bits per heavy atom. The topological polar surface area (TPSA) is 135 Å². The van der Waals surface area contributed by atoms with Crippen molar-refractivity contribution >= 4 is 31.6 Å². The fraction of sp³-hybridized carbons (Fsp3) is 0.188. The van der Waals surface area contributed by atoms with Gasteiger partial charge in [-0.25, -0.2) is 22.0 Å². The Hall–Kier alpha value is -2.27. The Morgan fingerprint density at radius 2 is 1.42 bits per heavy atom. The molecule has 2 aromatic carbocycles. The molecule has 0 spiro atoms. The van der Waals surface area contributed by atoms with Gasteiger partial charge in [0.05, 0.1) is 15.8 Å². The van der Waals surface area contributed by atoms with Crippen molar-refractivity contribution in [3.05, 3.63) is 54.1 Å². The van der Waals surface area contributed by atoms with Gasteiger partial charge in [-0.3, -0.25) is 4.79 Å². The van der Waals surface area contributed by atoms with Gasteiger partial charge >= 0.3 is 0 Å². The highest BCUT2D eigenvalue weighted by Gasteiger charge is 2.22. The van der Waals surface area contributed by atoms with Crippen molar-refractivity contribution in [2.75, 3.05) is 5.32 Å². The summed E-state index contributed by atoms with van der Waals surface area (Å²) in [5, 5.41) is 7.50. The van der Waals surface area contributed by atoms with Crippen LogP contribution in [-0.4, -0.2) is 28.8 Å². The summed E-state index contributed by atoms with van der Waals surface area (Å²) in [7, 11) is -7.67. The minimum absolute atomic E-state index is 0.0558. The number of carbonyl (C=O) groups excluding carboxylic acids is 1. The van der Waals surface area contributed by atoms with Crippen molar-refractivity contribution in [1.82, 2.24) is 4.72 Å². The molecule has 0 radical (unpaired) electrons. The highest BCUT2D eigenvalue weighted by Crippen LogP contribution is 2.14. The maximum atomic E-state index is 12.3. The van der Waals surface area contributed by atoms with Crippen molar-refractivity contribution < 1.29 is 21.6 Å². The summed E-state index contributed by atoms with van der Waals surface area (Å²) in [6, 6.07) is 10.4. The first kappa shape index (κ1) is 20.0. The molecule has 0 heterocycles. The average molecular weight is 397 g/mol. The fourth-order valence-corrected chi connectivity index (χ4v) is 3.77. The lowest BCUT2D eigenvalue weighted by molar-refractivity contribution is -0.117. The third-order valence-corrected chi connectivity index (χ3v) is 5.99. The number of amides is 1. The number of sulfonamides is 2. The predicted octanol–water partition coefficient (Wildman–Crippen LogP) is 0.948. The number of aryl methyl sites for hydroxylation is 1. The molecule has 8 nitrogen and oxygen atoms in total. The summed E-state index contributed by atoms with van der Waals surface area (Å²) in [5.74, 6) is -0.593. The predicted molar refractivity (Wildman–Crippen MR) is 97.4 cm³/mol. The molecule has 0 bridgehead atoms. The van der Waals surface area contributed by atoms with Crippen LogP contribution in [0, 0.1) is 6.92 Å². The molecule has 0 aliphatic heterocycles. The molecule has 140 valence electrons. The van der Waals surface area contributed by atoms with E-state index in [0.29, 0.717) is 5.69 Å². The molecule has 2 aromatic rings. The van der Waals surface area contributed by atoms with Crippen LogP contribution < -0.4 is 15.2 Å². The molecule has 0 saturated carbocycles. The van der Waals surface area contributed by atoms with Crippen LogP contribution >= 0.6 is 0 Å². The lowest BCUT2D eigenvalue weighted by Crippen LogP contribution is -2.41. The number of nitrogens with one attached hydrogen (secondary N) is 2. The molecule has 4 N–H and O–H groups in total. The van der Waals surface area contributed by atoms with Gasteiger partial charge in [0.2, 0.25) is 26.0 Å². The van der Waals surface area contributed by atoms with E-state index >= 15 is 0 Å². The fourth-order valence-electron chi connectivity index (χ4n) is 2.05. The number of nitrogens with two attached hydrogens (primary N) is 1. The van der Waals surface area contributed by atoms with Crippen LogP contribution in [0.25, 0.3) is 0 Å². The maximum absolute atomic E-state index is 12.3. The highest BCUT2D eigenvalue weighted by molar-refractivity contribution is 7.89. The smallest absolute Gasteiger partial charge is 0.242 e. The third-order valence-electron chi connectivity index (χ3n) is 3.51. The summed E-state index contributed by atoms with van der Waals surface area (Å²) in [6.45, 7) is 3.24. The zero-order valence-electron chi connectivity index (χ0n) is 14.1. The van der Waals surface area contributed by atoms with Crippen molar-refractivity contribution in [2.24, 2.45) is 5.14 Å². The van der Waals surface area contributed by atoms with Crippen molar-refractivity contribution in [1.29, 1.82) is 0 Å². The molecular weight excluding hydrogens is 378 g/mol. The molecule has 26 heavy (non-hydrogen) atoms. The second-order valence-corrected chi connectivity index (χ2v) is 8.99. The van der Waals surface area contributed by atoms with E-state index in [1.165, 1.54) is 43.3 Å². The molecule has 2 rings (SSSR count). The first-order chi connectivity index (χ1) is 12.0. The van der Waals surface area contributed by atoms with E-state index in [4.69, 9.17) is 5.14 Å². The second-order valence-electron chi connectivity index (χ2n) is 5.71. The summed E-state index contributed by atoms with van der Waals surface area (Å²) < 4.78 is 49.3. The number of rotatable bonds is 6. The van der Waals surface area contributed by atoms with Crippen LogP contribution in [-0.2, 0) is 24.8 Å². The number of hydrogen-bond donors (Lipinski definition) is 3. The number of carbonyl (C=O) groups is 1. The molecule has 1 atom stereocenters. The van der Waals surface area contributed by atoms with E-state index in [1.807, 2.05) is 6.92 Å². The molecule has 10 heteroatoms. The first-order valence-electron chi connectivity index (χ1n) is 7.52. The molecule has 0 unspecified atom stereocenters. The molecule has 0 aliphatic rings. The second kappa shape index (κ2) is 7.54. The highest BCUT2D eigenvalue weighted by atomic mass is 32.2. The average Bonchev–Trinajstić information content (AvgIpc) is 2.54. The SMILES string of the molecule is Cc1ccc(S(=O)(=O)N[C@H](C)C(=O)Nc2ccc(S(N)(=O)=O)cc2)cc1. The Bertz CT molecular complexity index is 999. The van der Waals surface area contributed by atoms with E-state index < -0.39 is 32.0 Å². The summed E-state index contributed by atoms with van der Waals surface area (Å²) >= 11 is 0. The van der Waals surface area contributed by atoms with Crippen LogP contribution in [0.15, 0.2) is 58.3 Å². The van der Waals surface area contributed by atoms with Gasteiger partial charge in [0.1, 0.15) is 0 Å². The third kappa shape index (κ3) is 5.11. The van der Waals surface area contributed by atoms with Crippen LogP contribution in [0.1, 0.15) is 12.5 Å². The zero-order valence-corrected chi connectivity index (χ0v) is 15.8. The molecule has 0 saturated heterocycles. The largest absolute Gasteiger partial charge is 0.325 e. The van der Waals surface area contributed by atoms with Crippen molar-refractivity contribution in [3.63, 3.8) is 0 Å². The van der Waals surface area contributed by atoms with Gasteiger partial charge in [0, 0.05) is 5.69 Å². The minimum atomic E-state index is -3.85. The Balaban J connectivity index is 2.06. The monoisotopic (exact) mass is 397 g/mol. The number of benzene rings is 2. The Kier molecular flexibility index (Phi) is 5.81.